The average molecular weight is 327 g/mol. The van der Waals surface area contributed by atoms with E-state index in [0.29, 0.717) is 26.2 Å². The fourth-order valence-electron chi connectivity index (χ4n) is 2.48. The summed E-state index contributed by atoms with van der Waals surface area (Å²) in [7, 11) is -3.66. The lowest BCUT2D eigenvalue weighted by atomic mass is 10.3. The standard InChI is InChI=1S/C14H21N3O4S/c1-2-3-7-15-8-10-16(11-9-15)22(20,21)14-6-4-5-13(12-14)17(18)19/h4-6,12H,2-3,7-11H2,1H3. The maximum atomic E-state index is 12.6. The van der Waals surface area contributed by atoms with E-state index in [9.17, 15) is 18.5 Å². The van der Waals surface area contributed by atoms with Crippen LogP contribution in [0.25, 0.3) is 0 Å². The minimum Gasteiger partial charge on any atom is -0.301 e. The first-order chi connectivity index (χ1) is 10.4. The first kappa shape index (κ1) is 16.9. The third-order valence-corrected chi connectivity index (χ3v) is 5.72. The Morgan fingerprint density at radius 3 is 2.50 bits per heavy atom. The van der Waals surface area contributed by atoms with Crippen molar-refractivity contribution in [2.75, 3.05) is 32.7 Å². The minimum absolute atomic E-state index is 0.0105. The van der Waals surface area contributed by atoms with Crippen LogP contribution < -0.4 is 0 Å². The first-order valence-corrected chi connectivity index (χ1v) is 8.86. The van der Waals surface area contributed by atoms with Crippen LogP contribution >= 0.6 is 0 Å². The van der Waals surface area contributed by atoms with E-state index in [1.807, 2.05) is 0 Å². The van der Waals surface area contributed by atoms with Gasteiger partial charge in [0.05, 0.1) is 9.82 Å². The Balaban J connectivity index is 2.08. The number of nitro groups is 1. The van der Waals surface area contributed by atoms with Crippen molar-refractivity contribution in [2.45, 2.75) is 24.7 Å². The normalized spacial score (nSPS) is 17.5. The number of hydrogen-bond acceptors (Lipinski definition) is 5. The zero-order valence-electron chi connectivity index (χ0n) is 12.6. The van der Waals surface area contributed by atoms with Crippen LogP contribution in [0.4, 0.5) is 5.69 Å². The van der Waals surface area contributed by atoms with Crippen LogP contribution in [0.2, 0.25) is 0 Å². The summed E-state index contributed by atoms with van der Waals surface area (Å²) in [4.78, 5) is 12.5. The van der Waals surface area contributed by atoms with E-state index in [4.69, 9.17) is 0 Å². The molecule has 1 aromatic carbocycles. The number of piperazine rings is 1. The summed E-state index contributed by atoms with van der Waals surface area (Å²) in [6.45, 7) is 5.37. The molecule has 0 amide bonds. The summed E-state index contributed by atoms with van der Waals surface area (Å²) in [5.41, 5.74) is -0.206. The molecule has 0 N–H and O–H groups in total. The van der Waals surface area contributed by atoms with Crippen molar-refractivity contribution in [3.8, 4) is 0 Å². The molecule has 0 radical (unpaired) electrons. The monoisotopic (exact) mass is 327 g/mol. The van der Waals surface area contributed by atoms with Crippen molar-refractivity contribution in [1.29, 1.82) is 0 Å². The SMILES string of the molecule is CCCCN1CCN(S(=O)(=O)c2cccc([N+](=O)[O-])c2)CC1. The Kier molecular flexibility index (Phi) is 5.49. The number of nitrogens with zero attached hydrogens (tertiary/aromatic N) is 3. The minimum atomic E-state index is -3.66. The van der Waals surface area contributed by atoms with Gasteiger partial charge in [0.1, 0.15) is 0 Å². The van der Waals surface area contributed by atoms with E-state index < -0.39 is 14.9 Å². The molecule has 0 aromatic heterocycles. The third-order valence-electron chi connectivity index (χ3n) is 3.83. The van der Waals surface area contributed by atoms with Gasteiger partial charge in [0.15, 0.2) is 0 Å². The highest BCUT2D eigenvalue weighted by Gasteiger charge is 2.29. The van der Waals surface area contributed by atoms with Gasteiger partial charge in [-0.1, -0.05) is 19.4 Å². The lowest BCUT2D eigenvalue weighted by Crippen LogP contribution is -2.48. The zero-order valence-corrected chi connectivity index (χ0v) is 13.5. The van der Waals surface area contributed by atoms with E-state index in [1.54, 1.807) is 0 Å². The van der Waals surface area contributed by atoms with Gasteiger partial charge in [-0.3, -0.25) is 10.1 Å². The molecule has 0 spiro atoms. The van der Waals surface area contributed by atoms with Crippen molar-refractivity contribution in [3.63, 3.8) is 0 Å². The van der Waals surface area contributed by atoms with Crippen LogP contribution in [0.1, 0.15) is 19.8 Å². The van der Waals surface area contributed by atoms with Crippen LogP contribution in [0, 0.1) is 10.1 Å². The topological polar surface area (TPSA) is 83.8 Å². The van der Waals surface area contributed by atoms with Crippen molar-refractivity contribution in [1.82, 2.24) is 9.21 Å². The Labute approximate surface area is 130 Å². The van der Waals surface area contributed by atoms with Crippen LogP contribution in [-0.2, 0) is 10.0 Å². The quantitative estimate of drug-likeness (QED) is 0.586. The average Bonchev–Trinajstić information content (AvgIpc) is 2.53. The number of non-ortho nitro benzene ring substituents is 1. The highest BCUT2D eigenvalue weighted by molar-refractivity contribution is 7.89. The molecule has 1 saturated heterocycles. The van der Waals surface area contributed by atoms with Gasteiger partial charge in [-0.25, -0.2) is 8.42 Å². The van der Waals surface area contributed by atoms with Crippen molar-refractivity contribution < 1.29 is 13.3 Å². The molecule has 0 aliphatic carbocycles. The van der Waals surface area contributed by atoms with Crippen molar-refractivity contribution in [2.24, 2.45) is 0 Å². The fraction of sp³-hybridized carbons (Fsp3) is 0.571. The maximum Gasteiger partial charge on any atom is 0.270 e. The van der Waals surface area contributed by atoms with Crippen LogP contribution in [0.5, 0.6) is 0 Å². The molecular weight excluding hydrogens is 306 g/mol. The Morgan fingerprint density at radius 1 is 1.23 bits per heavy atom. The number of hydrogen-bond donors (Lipinski definition) is 0. The van der Waals surface area contributed by atoms with E-state index in [1.165, 1.54) is 22.5 Å². The summed E-state index contributed by atoms with van der Waals surface area (Å²) in [5, 5.41) is 10.8. The number of sulfonamides is 1. The Morgan fingerprint density at radius 2 is 1.91 bits per heavy atom. The second-order valence-corrected chi connectivity index (χ2v) is 7.29. The van der Waals surface area contributed by atoms with Crippen LogP contribution in [0.15, 0.2) is 29.2 Å². The van der Waals surface area contributed by atoms with Gasteiger partial charge in [0.2, 0.25) is 10.0 Å². The van der Waals surface area contributed by atoms with Gasteiger partial charge >= 0.3 is 0 Å². The molecule has 0 unspecified atom stereocenters. The van der Waals surface area contributed by atoms with Crippen LogP contribution in [-0.4, -0.2) is 55.3 Å². The third kappa shape index (κ3) is 3.82. The number of rotatable bonds is 6. The molecular formula is C14H21N3O4S. The number of benzene rings is 1. The van der Waals surface area contributed by atoms with E-state index in [0.717, 1.165) is 25.5 Å². The zero-order chi connectivity index (χ0) is 16.2. The largest absolute Gasteiger partial charge is 0.301 e. The predicted molar refractivity (Wildman–Crippen MR) is 83.2 cm³/mol. The second-order valence-electron chi connectivity index (χ2n) is 5.35. The Bertz CT molecular complexity index is 625. The summed E-state index contributed by atoms with van der Waals surface area (Å²) in [5.74, 6) is 0. The second kappa shape index (κ2) is 7.17. The number of nitro benzene ring substituents is 1. The van der Waals surface area contributed by atoms with Crippen LogP contribution in [0.3, 0.4) is 0 Å². The van der Waals surface area contributed by atoms with Gasteiger partial charge in [-0.15, -0.1) is 0 Å². The molecule has 1 aliphatic heterocycles. The number of unbranched alkanes of at least 4 members (excludes halogenated alkanes) is 1. The van der Waals surface area contributed by atoms with Gasteiger partial charge in [-0.05, 0) is 19.0 Å². The van der Waals surface area contributed by atoms with E-state index in [2.05, 4.69) is 11.8 Å². The summed E-state index contributed by atoms with van der Waals surface area (Å²) in [6.07, 6.45) is 2.23. The molecule has 22 heavy (non-hydrogen) atoms. The summed E-state index contributed by atoms with van der Waals surface area (Å²) in [6, 6.07) is 5.23. The molecule has 1 aromatic rings. The fourth-order valence-corrected chi connectivity index (χ4v) is 3.94. The maximum absolute atomic E-state index is 12.6. The molecule has 122 valence electrons. The molecule has 0 bridgehead atoms. The summed E-state index contributed by atoms with van der Waals surface area (Å²) >= 11 is 0. The first-order valence-electron chi connectivity index (χ1n) is 7.42. The molecule has 8 heteroatoms. The van der Waals surface area contributed by atoms with Gasteiger partial charge < -0.3 is 4.90 Å². The lowest BCUT2D eigenvalue weighted by Gasteiger charge is -2.33. The molecule has 0 saturated carbocycles. The smallest absolute Gasteiger partial charge is 0.270 e. The molecule has 1 fully saturated rings. The van der Waals surface area contributed by atoms with E-state index in [-0.39, 0.29) is 10.6 Å². The van der Waals surface area contributed by atoms with Crippen molar-refractivity contribution >= 4 is 15.7 Å². The van der Waals surface area contributed by atoms with Gasteiger partial charge in [-0.2, -0.15) is 4.31 Å². The highest BCUT2D eigenvalue weighted by atomic mass is 32.2. The molecule has 0 atom stereocenters. The van der Waals surface area contributed by atoms with Crippen molar-refractivity contribution in [3.05, 3.63) is 34.4 Å². The molecule has 7 nitrogen and oxygen atoms in total. The molecule has 1 heterocycles. The Hall–Kier alpha value is -1.51. The predicted octanol–water partition coefficient (Wildman–Crippen LogP) is 1.70. The molecule has 1 aliphatic rings. The summed E-state index contributed by atoms with van der Waals surface area (Å²) < 4.78 is 26.5. The lowest BCUT2D eigenvalue weighted by molar-refractivity contribution is -0.385. The highest BCUT2D eigenvalue weighted by Crippen LogP contribution is 2.22. The van der Waals surface area contributed by atoms with Gasteiger partial charge in [0.25, 0.3) is 5.69 Å². The van der Waals surface area contributed by atoms with Gasteiger partial charge in [0, 0.05) is 38.3 Å². The molecule has 2 rings (SSSR count). The van der Waals surface area contributed by atoms with E-state index >= 15 is 0 Å².